The molecule has 0 spiro atoms. The maximum Gasteiger partial charge on any atom is 0.279 e. The minimum absolute atomic E-state index is 0.332. The molecule has 102 valence electrons. The first-order valence-electron chi connectivity index (χ1n) is 5.85. The SMILES string of the molecule is CN(Cc1ccccc1)S(=O)(=O)NCc1cccs1. The molecule has 4 nitrogen and oxygen atoms in total. The van der Waals surface area contributed by atoms with E-state index in [4.69, 9.17) is 0 Å². The molecule has 19 heavy (non-hydrogen) atoms. The van der Waals surface area contributed by atoms with Gasteiger partial charge in [-0.3, -0.25) is 0 Å². The van der Waals surface area contributed by atoms with Crippen molar-refractivity contribution >= 4 is 21.5 Å². The maximum atomic E-state index is 12.0. The van der Waals surface area contributed by atoms with Gasteiger partial charge >= 0.3 is 0 Å². The molecule has 0 unspecified atom stereocenters. The van der Waals surface area contributed by atoms with Gasteiger partial charge in [-0.1, -0.05) is 36.4 Å². The van der Waals surface area contributed by atoms with Crippen molar-refractivity contribution in [3.63, 3.8) is 0 Å². The second-order valence-electron chi connectivity index (χ2n) is 4.15. The van der Waals surface area contributed by atoms with Gasteiger partial charge in [0.25, 0.3) is 10.2 Å². The van der Waals surface area contributed by atoms with Crippen LogP contribution in [0.1, 0.15) is 10.4 Å². The quantitative estimate of drug-likeness (QED) is 0.888. The lowest BCUT2D eigenvalue weighted by Crippen LogP contribution is -2.37. The number of rotatable bonds is 6. The Hall–Kier alpha value is -1.21. The van der Waals surface area contributed by atoms with Crippen molar-refractivity contribution in [2.75, 3.05) is 7.05 Å². The zero-order valence-electron chi connectivity index (χ0n) is 10.6. The van der Waals surface area contributed by atoms with Crippen molar-refractivity contribution in [1.82, 2.24) is 9.03 Å². The Bertz CT molecular complexity index is 595. The van der Waals surface area contributed by atoms with Gasteiger partial charge in [0.2, 0.25) is 0 Å². The Labute approximate surface area is 117 Å². The van der Waals surface area contributed by atoms with Crippen molar-refractivity contribution in [3.05, 3.63) is 58.3 Å². The second-order valence-corrected chi connectivity index (χ2v) is 7.04. The highest BCUT2D eigenvalue weighted by molar-refractivity contribution is 7.87. The van der Waals surface area contributed by atoms with E-state index in [1.54, 1.807) is 7.05 Å². The van der Waals surface area contributed by atoms with E-state index in [0.29, 0.717) is 13.1 Å². The van der Waals surface area contributed by atoms with E-state index in [-0.39, 0.29) is 0 Å². The molecule has 0 radical (unpaired) electrons. The fourth-order valence-corrected chi connectivity index (χ4v) is 3.22. The Morgan fingerprint density at radius 2 is 1.89 bits per heavy atom. The largest absolute Gasteiger partial charge is 0.279 e. The van der Waals surface area contributed by atoms with Gasteiger partial charge in [-0.05, 0) is 17.0 Å². The van der Waals surface area contributed by atoms with Crippen LogP contribution in [0, 0.1) is 0 Å². The molecule has 2 rings (SSSR count). The number of benzene rings is 1. The van der Waals surface area contributed by atoms with Gasteiger partial charge in [-0.15, -0.1) is 11.3 Å². The van der Waals surface area contributed by atoms with Crippen LogP contribution in [-0.4, -0.2) is 19.8 Å². The van der Waals surface area contributed by atoms with E-state index in [2.05, 4.69) is 4.72 Å². The minimum Gasteiger partial charge on any atom is -0.197 e. The molecule has 1 aromatic carbocycles. The maximum absolute atomic E-state index is 12.0. The topological polar surface area (TPSA) is 49.4 Å². The predicted octanol–water partition coefficient (Wildman–Crippen LogP) is 2.21. The summed E-state index contributed by atoms with van der Waals surface area (Å²) in [6.45, 7) is 0.694. The zero-order valence-corrected chi connectivity index (χ0v) is 12.2. The highest BCUT2D eigenvalue weighted by atomic mass is 32.2. The smallest absolute Gasteiger partial charge is 0.197 e. The molecule has 0 saturated heterocycles. The van der Waals surface area contributed by atoms with E-state index in [1.165, 1.54) is 15.6 Å². The van der Waals surface area contributed by atoms with Crippen LogP contribution in [0.25, 0.3) is 0 Å². The van der Waals surface area contributed by atoms with Crippen LogP contribution in [0.4, 0.5) is 0 Å². The third kappa shape index (κ3) is 4.14. The third-order valence-electron chi connectivity index (χ3n) is 2.67. The van der Waals surface area contributed by atoms with Crippen LogP contribution >= 0.6 is 11.3 Å². The summed E-state index contributed by atoms with van der Waals surface area (Å²) in [5.41, 5.74) is 0.964. The summed E-state index contributed by atoms with van der Waals surface area (Å²) >= 11 is 1.53. The molecule has 0 aliphatic carbocycles. The standard InChI is InChI=1S/C13H16N2O2S2/c1-15(11-12-6-3-2-4-7-12)19(16,17)14-10-13-8-5-9-18-13/h2-9,14H,10-11H2,1H3. The first-order valence-corrected chi connectivity index (χ1v) is 8.17. The number of nitrogens with one attached hydrogen (secondary N) is 1. The average Bonchev–Trinajstić information content (AvgIpc) is 2.91. The van der Waals surface area contributed by atoms with Crippen molar-refractivity contribution in [2.24, 2.45) is 0 Å². The molecule has 0 aliphatic heterocycles. The van der Waals surface area contributed by atoms with Crippen LogP contribution in [0.2, 0.25) is 0 Å². The van der Waals surface area contributed by atoms with Crippen LogP contribution < -0.4 is 4.72 Å². The van der Waals surface area contributed by atoms with Gasteiger partial charge in [-0.2, -0.15) is 17.4 Å². The molecule has 0 saturated carbocycles. The summed E-state index contributed by atoms with van der Waals surface area (Å²) < 4.78 is 28.0. The highest BCUT2D eigenvalue weighted by Crippen LogP contribution is 2.10. The zero-order chi connectivity index (χ0) is 13.7. The number of thiophene rings is 1. The first kappa shape index (κ1) is 14.2. The summed E-state index contributed by atoms with van der Waals surface area (Å²) in [4.78, 5) is 0.997. The van der Waals surface area contributed by atoms with E-state index in [0.717, 1.165) is 10.4 Å². The van der Waals surface area contributed by atoms with E-state index >= 15 is 0 Å². The lowest BCUT2D eigenvalue weighted by atomic mass is 10.2. The Balaban J connectivity index is 1.95. The minimum atomic E-state index is -3.44. The van der Waals surface area contributed by atoms with Crippen LogP contribution in [-0.2, 0) is 23.3 Å². The lowest BCUT2D eigenvalue weighted by molar-refractivity contribution is 0.455. The number of hydrogen-bond acceptors (Lipinski definition) is 3. The lowest BCUT2D eigenvalue weighted by Gasteiger charge is -2.17. The molecule has 0 bridgehead atoms. The Morgan fingerprint density at radius 3 is 2.53 bits per heavy atom. The third-order valence-corrected chi connectivity index (χ3v) is 5.00. The van der Waals surface area contributed by atoms with Crippen molar-refractivity contribution in [1.29, 1.82) is 0 Å². The van der Waals surface area contributed by atoms with Gasteiger partial charge in [0.1, 0.15) is 0 Å². The molecule has 0 fully saturated rings. The molecule has 2 aromatic rings. The molecular formula is C13H16N2O2S2. The summed E-state index contributed by atoms with van der Waals surface area (Å²) in [6.07, 6.45) is 0. The molecule has 6 heteroatoms. The van der Waals surface area contributed by atoms with Crippen LogP contribution in [0.3, 0.4) is 0 Å². The van der Waals surface area contributed by atoms with Crippen LogP contribution in [0.15, 0.2) is 47.8 Å². The van der Waals surface area contributed by atoms with Gasteiger partial charge in [0, 0.05) is 25.0 Å². The summed E-state index contributed by atoms with van der Waals surface area (Å²) in [7, 11) is -1.87. The molecule has 1 aromatic heterocycles. The number of nitrogens with zero attached hydrogens (tertiary/aromatic N) is 1. The monoisotopic (exact) mass is 296 g/mol. The van der Waals surface area contributed by atoms with Gasteiger partial charge in [0.15, 0.2) is 0 Å². The molecule has 0 aliphatic rings. The molecular weight excluding hydrogens is 280 g/mol. The fraction of sp³-hybridized carbons (Fsp3) is 0.231. The van der Waals surface area contributed by atoms with Gasteiger partial charge in [0.05, 0.1) is 0 Å². The molecule has 0 amide bonds. The van der Waals surface area contributed by atoms with Crippen molar-refractivity contribution in [3.8, 4) is 0 Å². The fourth-order valence-electron chi connectivity index (χ4n) is 1.61. The van der Waals surface area contributed by atoms with E-state index < -0.39 is 10.2 Å². The van der Waals surface area contributed by atoms with Gasteiger partial charge in [-0.25, -0.2) is 0 Å². The molecule has 0 atom stereocenters. The van der Waals surface area contributed by atoms with Crippen molar-refractivity contribution < 1.29 is 8.42 Å². The summed E-state index contributed by atoms with van der Waals surface area (Å²) in [6, 6.07) is 13.3. The molecule has 1 N–H and O–H groups in total. The Morgan fingerprint density at radius 1 is 1.16 bits per heavy atom. The second kappa shape index (κ2) is 6.29. The van der Waals surface area contributed by atoms with Crippen LogP contribution in [0.5, 0.6) is 0 Å². The van der Waals surface area contributed by atoms with Gasteiger partial charge < -0.3 is 0 Å². The molecule has 1 heterocycles. The average molecular weight is 296 g/mol. The number of hydrogen-bond donors (Lipinski definition) is 1. The highest BCUT2D eigenvalue weighted by Gasteiger charge is 2.17. The normalized spacial score (nSPS) is 11.9. The van der Waals surface area contributed by atoms with E-state index in [9.17, 15) is 8.42 Å². The van der Waals surface area contributed by atoms with Crippen molar-refractivity contribution in [2.45, 2.75) is 13.1 Å². The first-order chi connectivity index (χ1) is 9.08. The predicted molar refractivity (Wildman–Crippen MR) is 78.0 cm³/mol. The summed E-state index contributed by atoms with van der Waals surface area (Å²) in [5, 5.41) is 1.93. The summed E-state index contributed by atoms with van der Waals surface area (Å²) in [5.74, 6) is 0. The Kier molecular flexibility index (Phi) is 4.71. The van der Waals surface area contributed by atoms with E-state index in [1.807, 2.05) is 47.8 Å².